The molecule has 1 aromatic carbocycles. The van der Waals surface area contributed by atoms with Crippen LogP contribution >= 0.6 is 15.9 Å². The smallest absolute Gasteiger partial charge is 0.373 e. The first-order valence-electron chi connectivity index (χ1n) is 3.85. The molecule has 2 aromatic rings. The topological polar surface area (TPSA) is 64.3 Å². The summed E-state index contributed by atoms with van der Waals surface area (Å²) in [6, 6.07) is 6.77. The molecule has 0 fully saturated rings. The molecular formula is C10H5BrO4. The minimum Gasteiger partial charge on any atom is -0.464 e. The van der Waals surface area contributed by atoms with Crippen molar-refractivity contribution >= 4 is 33.1 Å². The highest BCUT2D eigenvalue weighted by Gasteiger charge is 1.98. The molecule has 0 amide bonds. The zero-order valence-electron chi connectivity index (χ0n) is 7.40. The summed E-state index contributed by atoms with van der Waals surface area (Å²) in [6.45, 7) is 0. The maximum atomic E-state index is 11.3. The van der Waals surface area contributed by atoms with Crippen LogP contribution in [0.25, 0.3) is 11.0 Å². The van der Waals surface area contributed by atoms with Gasteiger partial charge in [-0.05, 0) is 18.2 Å². The van der Waals surface area contributed by atoms with Gasteiger partial charge in [-0.3, -0.25) is 4.79 Å². The van der Waals surface area contributed by atoms with Gasteiger partial charge in [0.2, 0.25) is 0 Å². The fourth-order valence-electron chi connectivity index (χ4n) is 1.06. The second kappa shape index (κ2) is 5.24. The average molecular weight is 269 g/mol. The molecule has 2 rings (SSSR count). The van der Waals surface area contributed by atoms with E-state index in [4.69, 9.17) is 14.0 Å². The lowest BCUT2D eigenvalue weighted by molar-refractivity contribution is -0.191. The molecule has 0 saturated carbocycles. The fraction of sp³-hybridized carbons (Fsp3) is 0. The van der Waals surface area contributed by atoms with Crippen molar-refractivity contribution in [2.75, 3.05) is 0 Å². The molecule has 0 N–H and O–H groups in total. The number of halogens is 1. The van der Waals surface area contributed by atoms with Gasteiger partial charge in [0.05, 0.1) is 11.6 Å². The molecule has 4 nitrogen and oxygen atoms in total. The van der Waals surface area contributed by atoms with Crippen LogP contribution in [0.5, 0.6) is 0 Å². The molecule has 15 heavy (non-hydrogen) atoms. The van der Waals surface area contributed by atoms with E-state index < -0.39 is 0 Å². The summed E-state index contributed by atoms with van der Waals surface area (Å²) in [4.78, 5) is 27.5. The predicted octanol–water partition coefficient (Wildman–Crippen LogP) is 1.97. The summed E-state index contributed by atoms with van der Waals surface area (Å²) < 4.78 is 6.01. The van der Waals surface area contributed by atoms with Crippen molar-refractivity contribution < 1.29 is 14.0 Å². The predicted molar refractivity (Wildman–Crippen MR) is 55.2 cm³/mol. The zero-order valence-corrected chi connectivity index (χ0v) is 8.98. The van der Waals surface area contributed by atoms with Crippen LogP contribution in [0.1, 0.15) is 0 Å². The Labute approximate surface area is 92.6 Å². The molecule has 76 valence electrons. The molecule has 1 heterocycles. The molecule has 0 aliphatic rings. The Morgan fingerprint density at radius 2 is 1.87 bits per heavy atom. The van der Waals surface area contributed by atoms with E-state index in [1.54, 1.807) is 12.1 Å². The van der Waals surface area contributed by atoms with E-state index in [1.165, 1.54) is 12.3 Å². The first-order chi connectivity index (χ1) is 7.19. The zero-order chi connectivity index (χ0) is 11.3. The number of hydrogen-bond donors (Lipinski definition) is 0. The van der Waals surface area contributed by atoms with E-state index in [2.05, 4.69) is 15.9 Å². The molecule has 0 saturated heterocycles. The quantitative estimate of drug-likeness (QED) is 0.733. The largest absolute Gasteiger partial charge is 0.464 e. The Balaban J connectivity index is 0.000000337. The molecule has 0 unspecified atom stereocenters. The van der Waals surface area contributed by atoms with Crippen molar-refractivity contribution in [2.24, 2.45) is 0 Å². The van der Waals surface area contributed by atoms with Gasteiger partial charge in [-0.2, -0.15) is 9.59 Å². The van der Waals surface area contributed by atoms with E-state index in [1.807, 2.05) is 6.07 Å². The highest BCUT2D eigenvalue weighted by atomic mass is 79.9. The van der Waals surface area contributed by atoms with Crippen LogP contribution in [0.15, 0.2) is 44.2 Å². The summed E-state index contributed by atoms with van der Waals surface area (Å²) in [7, 11) is 0. The van der Waals surface area contributed by atoms with E-state index in [9.17, 15) is 4.79 Å². The van der Waals surface area contributed by atoms with Gasteiger partial charge in [0, 0.05) is 10.5 Å². The molecule has 0 bridgehead atoms. The lowest BCUT2D eigenvalue weighted by atomic mass is 10.2. The van der Waals surface area contributed by atoms with Gasteiger partial charge in [0.25, 0.3) is 0 Å². The number of benzene rings is 1. The third-order valence-electron chi connectivity index (χ3n) is 1.62. The van der Waals surface area contributed by atoms with Gasteiger partial charge in [0.1, 0.15) is 5.58 Å². The van der Waals surface area contributed by atoms with Crippen molar-refractivity contribution in [1.29, 1.82) is 0 Å². The van der Waals surface area contributed by atoms with E-state index in [-0.39, 0.29) is 11.6 Å². The van der Waals surface area contributed by atoms with Crippen LogP contribution in [0.2, 0.25) is 0 Å². The molecular weight excluding hydrogens is 264 g/mol. The second-order valence-corrected chi connectivity index (χ2v) is 3.42. The first-order valence-corrected chi connectivity index (χ1v) is 4.64. The standard InChI is InChI=1S/C9H5BrO2.CO2/c10-6-1-2-9-7(5-6)8(11)3-4-12-9;2-1-3/h1-5H;. The van der Waals surface area contributed by atoms with Crippen molar-refractivity contribution in [2.45, 2.75) is 0 Å². The van der Waals surface area contributed by atoms with Gasteiger partial charge in [-0.15, -0.1) is 0 Å². The van der Waals surface area contributed by atoms with Crippen molar-refractivity contribution in [3.8, 4) is 0 Å². The lowest BCUT2D eigenvalue weighted by Crippen LogP contribution is -1.97. The Hall–Kier alpha value is -1.71. The summed E-state index contributed by atoms with van der Waals surface area (Å²) in [6.07, 6.45) is 1.65. The SMILES string of the molecule is O=C=O.O=c1ccoc2ccc(Br)cc12. The number of fused-ring (bicyclic) bond motifs is 1. The highest BCUT2D eigenvalue weighted by molar-refractivity contribution is 9.10. The van der Waals surface area contributed by atoms with Crippen molar-refractivity contribution in [1.82, 2.24) is 0 Å². The molecule has 0 aliphatic carbocycles. The van der Waals surface area contributed by atoms with Crippen LogP contribution in [0.4, 0.5) is 0 Å². The van der Waals surface area contributed by atoms with Crippen LogP contribution < -0.4 is 5.43 Å². The van der Waals surface area contributed by atoms with E-state index in [0.29, 0.717) is 11.0 Å². The minimum atomic E-state index is -0.0162. The maximum absolute atomic E-state index is 11.3. The van der Waals surface area contributed by atoms with Gasteiger partial charge in [-0.25, -0.2) is 0 Å². The monoisotopic (exact) mass is 268 g/mol. The molecule has 0 radical (unpaired) electrons. The van der Waals surface area contributed by atoms with Crippen LogP contribution in [-0.2, 0) is 9.59 Å². The molecule has 0 spiro atoms. The third kappa shape index (κ3) is 2.87. The Morgan fingerprint density at radius 3 is 2.53 bits per heavy atom. The lowest BCUT2D eigenvalue weighted by Gasteiger charge is -1.94. The number of hydrogen-bond acceptors (Lipinski definition) is 4. The van der Waals surface area contributed by atoms with Gasteiger partial charge in [0.15, 0.2) is 5.43 Å². The van der Waals surface area contributed by atoms with Gasteiger partial charge in [-0.1, -0.05) is 15.9 Å². The van der Waals surface area contributed by atoms with E-state index in [0.717, 1.165) is 4.47 Å². The summed E-state index contributed by atoms with van der Waals surface area (Å²) in [5, 5.41) is 0.604. The minimum absolute atomic E-state index is 0.0162. The summed E-state index contributed by atoms with van der Waals surface area (Å²) in [5.74, 6) is 0. The number of rotatable bonds is 0. The Bertz CT molecular complexity index is 553. The average Bonchev–Trinajstić information content (AvgIpc) is 2.21. The summed E-state index contributed by atoms with van der Waals surface area (Å²) >= 11 is 3.29. The summed E-state index contributed by atoms with van der Waals surface area (Å²) in [5.41, 5.74) is 0.600. The third-order valence-corrected chi connectivity index (χ3v) is 2.11. The van der Waals surface area contributed by atoms with Crippen LogP contribution in [-0.4, -0.2) is 6.15 Å². The Morgan fingerprint density at radius 1 is 1.20 bits per heavy atom. The van der Waals surface area contributed by atoms with Crippen LogP contribution in [0.3, 0.4) is 0 Å². The highest BCUT2D eigenvalue weighted by Crippen LogP contribution is 2.16. The van der Waals surface area contributed by atoms with Gasteiger partial charge < -0.3 is 4.42 Å². The van der Waals surface area contributed by atoms with E-state index >= 15 is 0 Å². The second-order valence-electron chi connectivity index (χ2n) is 2.51. The van der Waals surface area contributed by atoms with Crippen molar-refractivity contribution in [3.05, 3.63) is 45.2 Å². The van der Waals surface area contributed by atoms with Gasteiger partial charge >= 0.3 is 6.15 Å². The normalized spacial score (nSPS) is 8.87. The molecule has 5 heteroatoms. The first kappa shape index (κ1) is 11.4. The van der Waals surface area contributed by atoms with Crippen molar-refractivity contribution in [3.63, 3.8) is 0 Å². The molecule has 1 aromatic heterocycles. The molecule has 0 aliphatic heterocycles. The molecule has 0 atom stereocenters. The fourth-order valence-corrected chi connectivity index (χ4v) is 1.42. The maximum Gasteiger partial charge on any atom is 0.373 e. The Kier molecular flexibility index (Phi) is 3.97. The number of carbonyl (C=O) groups excluding carboxylic acids is 2. The van der Waals surface area contributed by atoms with Crippen LogP contribution in [0, 0.1) is 0 Å².